The maximum absolute atomic E-state index is 3.56. The Morgan fingerprint density at radius 1 is 1.40 bits per heavy atom. The second-order valence-corrected chi connectivity index (χ2v) is 5.46. The predicted molar refractivity (Wildman–Crippen MR) is 67.1 cm³/mol. The van der Waals surface area contributed by atoms with E-state index in [1.165, 1.54) is 23.3 Å². The summed E-state index contributed by atoms with van der Waals surface area (Å²) in [7, 11) is 2.09. The van der Waals surface area contributed by atoms with Gasteiger partial charge in [0.25, 0.3) is 0 Å². The largest absolute Gasteiger partial charge is 0.309 e. The van der Waals surface area contributed by atoms with Crippen molar-refractivity contribution in [2.24, 2.45) is 0 Å². The molecule has 1 aliphatic carbocycles. The fraction of sp³-hybridized carbons (Fsp3) is 0.385. The van der Waals surface area contributed by atoms with Gasteiger partial charge in [0.2, 0.25) is 0 Å². The van der Waals surface area contributed by atoms with E-state index in [0.717, 1.165) is 0 Å². The van der Waals surface area contributed by atoms with Crippen LogP contribution < -0.4 is 5.32 Å². The van der Waals surface area contributed by atoms with E-state index in [2.05, 4.69) is 60.5 Å². The molecule has 0 saturated carbocycles. The van der Waals surface area contributed by atoms with Crippen molar-refractivity contribution in [3.63, 3.8) is 0 Å². The Balaban J connectivity index is 2.20. The Labute approximate surface area is 95.0 Å². The number of thioether (sulfide) groups is 1. The highest BCUT2D eigenvalue weighted by Gasteiger charge is 2.44. The summed E-state index contributed by atoms with van der Waals surface area (Å²) < 4.78 is 0. The van der Waals surface area contributed by atoms with Crippen molar-refractivity contribution in [3.05, 3.63) is 41.5 Å². The van der Waals surface area contributed by atoms with Crippen LogP contribution in [0.5, 0.6) is 0 Å². The molecule has 2 atom stereocenters. The van der Waals surface area contributed by atoms with E-state index in [-0.39, 0.29) is 5.54 Å². The molecular formula is C13H15NS. The SMILES string of the molecule is CNC12CCSC1C=Cc1ccccc12. The first kappa shape index (κ1) is 9.49. The molecule has 1 aliphatic heterocycles. The third-order valence-corrected chi connectivity index (χ3v) is 4.98. The third-order valence-electron chi connectivity index (χ3n) is 3.62. The Kier molecular flexibility index (Phi) is 2.15. The summed E-state index contributed by atoms with van der Waals surface area (Å²) in [6, 6.07) is 8.75. The van der Waals surface area contributed by atoms with Crippen LogP contribution >= 0.6 is 11.8 Å². The highest BCUT2D eigenvalue weighted by molar-refractivity contribution is 8.00. The Morgan fingerprint density at radius 3 is 3.13 bits per heavy atom. The summed E-state index contributed by atoms with van der Waals surface area (Å²) in [5.74, 6) is 1.25. The van der Waals surface area contributed by atoms with E-state index >= 15 is 0 Å². The van der Waals surface area contributed by atoms with Gasteiger partial charge < -0.3 is 5.32 Å². The Bertz CT molecular complexity index is 413. The second-order valence-electron chi connectivity index (χ2n) is 4.21. The summed E-state index contributed by atoms with van der Waals surface area (Å²) in [6.45, 7) is 0. The van der Waals surface area contributed by atoms with Gasteiger partial charge in [-0.2, -0.15) is 11.8 Å². The highest BCUT2D eigenvalue weighted by Crippen LogP contribution is 2.47. The van der Waals surface area contributed by atoms with E-state index in [1.54, 1.807) is 0 Å². The fourth-order valence-electron chi connectivity index (χ4n) is 2.78. The topological polar surface area (TPSA) is 12.0 Å². The van der Waals surface area contributed by atoms with Crippen LogP contribution in [0.15, 0.2) is 30.3 Å². The molecule has 0 radical (unpaired) electrons. The van der Waals surface area contributed by atoms with Gasteiger partial charge in [0.1, 0.15) is 0 Å². The average Bonchev–Trinajstić information content (AvgIpc) is 2.73. The van der Waals surface area contributed by atoms with Crippen LogP contribution in [0.2, 0.25) is 0 Å². The lowest BCUT2D eigenvalue weighted by Gasteiger charge is -2.37. The van der Waals surface area contributed by atoms with Crippen LogP contribution in [-0.2, 0) is 5.54 Å². The van der Waals surface area contributed by atoms with Gasteiger partial charge in [0.05, 0.1) is 5.54 Å². The van der Waals surface area contributed by atoms with Crippen molar-refractivity contribution in [1.82, 2.24) is 5.32 Å². The van der Waals surface area contributed by atoms with Crippen molar-refractivity contribution in [2.75, 3.05) is 12.8 Å². The van der Waals surface area contributed by atoms with Gasteiger partial charge in [-0.15, -0.1) is 0 Å². The number of rotatable bonds is 1. The van der Waals surface area contributed by atoms with Gasteiger partial charge in [0.15, 0.2) is 0 Å². The second kappa shape index (κ2) is 3.39. The third kappa shape index (κ3) is 1.21. The molecule has 1 nitrogen and oxygen atoms in total. The molecule has 0 amide bonds. The monoisotopic (exact) mass is 217 g/mol. The van der Waals surface area contributed by atoms with Crippen molar-refractivity contribution >= 4 is 17.8 Å². The quantitative estimate of drug-likeness (QED) is 0.776. The summed E-state index contributed by atoms with van der Waals surface area (Å²) in [6.07, 6.45) is 5.87. The zero-order chi connectivity index (χ0) is 10.3. The lowest BCUT2D eigenvalue weighted by atomic mass is 9.78. The molecule has 0 aromatic heterocycles. The van der Waals surface area contributed by atoms with Crippen LogP contribution in [0.4, 0.5) is 0 Å². The normalized spacial score (nSPS) is 32.5. The highest BCUT2D eigenvalue weighted by atomic mass is 32.2. The van der Waals surface area contributed by atoms with E-state index in [4.69, 9.17) is 0 Å². The number of nitrogens with one attached hydrogen (secondary N) is 1. The molecular weight excluding hydrogens is 202 g/mol. The molecule has 3 rings (SSSR count). The van der Waals surface area contributed by atoms with Crippen molar-refractivity contribution in [2.45, 2.75) is 17.2 Å². The zero-order valence-corrected chi connectivity index (χ0v) is 9.68. The molecule has 1 aromatic rings. The number of hydrogen-bond donors (Lipinski definition) is 1. The first-order valence-electron chi connectivity index (χ1n) is 5.45. The van der Waals surface area contributed by atoms with Crippen LogP contribution in [0, 0.1) is 0 Å². The molecule has 15 heavy (non-hydrogen) atoms. The first-order valence-corrected chi connectivity index (χ1v) is 6.50. The summed E-state index contributed by atoms with van der Waals surface area (Å²) in [5, 5.41) is 4.17. The molecule has 78 valence electrons. The Hall–Kier alpha value is -0.730. The number of benzene rings is 1. The van der Waals surface area contributed by atoms with Gasteiger partial charge in [-0.05, 0) is 30.3 Å². The van der Waals surface area contributed by atoms with Gasteiger partial charge in [-0.1, -0.05) is 36.4 Å². The molecule has 1 heterocycles. The summed E-state index contributed by atoms with van der Waals surface area (Å²) in [5.41, 5.74) is 3.05. The maximum atomic E-state index is 3.56. The van der Waals surface area contributed by atoms with Crippen LogP contribution in [0.25, 0.3) is 6.08 Å². The van der Waals surface area contributed by atoms with Crippen LogP contribution in [0.1, 0.15) is 17.5 Å². The first-order chi connectivity index (χ1) is 7.37. The molecule has 2 aliphatic rings. The molecule has 0 bridgehead atoms. The summed E-state index contributed by atoms with van der Waals surface area (Å²) >= 11 is 2.06. The average molecular weight is 217 g/mol. The maximum Gasteiger partial charge on any atom is 0.0601 e. The van der Waals surface area contributed by atoms with Gasteiger partial charge >= 0.3 is 0 Å². The number of fused-ring (bicyclic) bond motifs is 3. The molecule has 1 fully saturated rings. The van der Waals surface area contributed by atoms with E-state index < -0.39 is 0 Å². The molecule has 2 unspecified atom stereocenters. The smallest absolute Gasteiger partial charge is 0.0601 e. The minimum atomic E-state index is 0.190. The standard InChI is InChI=1S/C13H15NS/c1-14-13-8-9-15-12(13)7-6-10-4-2-3-5-11(10)13/h2-7,12,14H,8-9H2,1H3. The Morgan fingerprint density at radius 2 is 2.27 bits per heavy atom. The minimum absolute atomic E-state index is 0.190. The zero-order valence-electron chi connectivity index (χ0n) is 8.86. The lowest BCUT2D eigenvalue weighted by molar-refractivity contribution is 0.375. The predicted octanol–water partition coefficient (Wildman–Crippen LogP) is 2.63. The van der Waals surface area contributed by atoms with Gasteiger partial charge in [0, 0.05) is 5.25 Å². The van der Waals surface area contributed by atoms with Crippen LogP contribution in [-0.4, -0.2) is 18.1 Å². The molecule has 1 saturated heterocycles. The molecule has 1 aromatic carbocycles. The van der Waals surface area contributed by atoms with E-state index in [9.17, 15) is 0 Å². The van der Waals surface area contributed by atoms with Crippen molar-refractivity contribution in [1.29, 1.82) is 0 Å². The van der Waals surface area contributed by atoms with Crippen LogP contribution in [0.3, 0.4) is 0 Å². The minimum Gasteiger partial charge on any atom is -0.309 e. The fourth-order valence-corrected chi connectivity index (χ4v) is 4.31. The van der Waals surface area contributed by atoms with E-state index in [0.29, 0.717) is 5.25 Å². The lowest BCUT2D eigenvalue weighted by Crippen LogP contribution is -2.46. The molecule has 0 spiro atoms. The van der Waals surface area contributed by atoms with Gasteiger partial charge in [-0.3, -0.25) is 0 Å². The van der Waals surface area contributed by atoms with Crippen molar-refractivity contribution < 1.29 is 0 Å². The molecule has 2 heteroatoms. The van der Waals surface area contributed by atoms with E-state index in [1.807, 2.05) is 0 Å². The molecule has 1 N–H and O–H groups in total. The van der Waals surface area contributed by atoms with Crippen molar-refractivity contribution in [3.8, 4) is 0 Å². The summed E-state index contributed by atoms with van der Waals surface area (Å²) in [4.78, 5) is 0. The number of hydrogen-bond acceptors (Lipinski definition) is 2. The van der Waals surface area contributed by atoms with Gasteiger partial charge in [-0.25, -0.2) is 0 Å².